The van der Waals surface area contributed by atoms with Gasteiger partial charge in [-0.25, -0.2) is 0 Å². The third kappa shape index (κ3) is 16.8. The Kier molecular flexibility index (Phi) is 14.9. The lowest BCUT2D eigenvalue weighted by Gasteiger charge is -1.98. The van der Waals surface area contributed by atoms with Gasteiger partial charge in [-0.05, 0) is 31.8 Å². The summed E-state index contributed by atoms with van der Waals surface area (Å²) in [5.74, 6) is 5.59. The highest BCUT2D eigenvalue weighted by molar-refractivity contribution is 5.66. The molecule has 20 heavy (non-hydrogen) atoms. The maximum absolute atomic E-state index is 10.3. The van der Waals surface area contributed by atoms with E-state index in [2.05, 4.69) is 24.8 Å². The second kappa shape index (κ2) is 15.8. The number of aliphatic carboxylic acids is 1. The Morgan fingerprint density at radius 3 is 2.40 bits per heavy atom. The van der Waals surface area contributed by atoms with Crippen LogP contribution in [0, 0.1) is 11.8 Å². The molecular formula is C18H30O2. The van der Waals surface area contributed by atoms with Gasteiger partial charge in [0.15, 0.2) is 0 Å². The molecule has 0 aromatic rings. The zero-order chi connectivity index (χ0) is 14.9. The van der Waals surface area contributed by atoms with Crippen LogP contribution in [-0.4, -0.2) is 11.1 Å². The highest BCUT2D eigenvalue weighted by Gasteiger charge is 1.95. The van der Waals surface area contributed by atoms with E-state index in [0.717, 1.165) is 38.5 Å². The molecule has 0 radical (unpaired) electrons. The standard InChI is InChI=1S/C18H30O2/c1-2-3-4-5-6-7-8-9-10-11-12-13-14-15-16-17-18(19)20/h6-7H,2-5,10-17H2,1H3,(H,19,20)/b7-6-. The summed E-state index contributed by atoms with van der Waals surface area (Å²) in [5, 5.41) is 8.50. The molecule has 2 nitrogen and oxygen atoms in total. The van der Waals surface area contributed by atoms with Crippen molar-refractivity contribution >= 4 is 5.97 Å². The highest BCUT2D eigenvalue weighted by atomic mass is 16.4. The van der Waals surface area contributed by atoms with Gasteiger partial charge >= 0.3 is 5.97 Å². The Bertz CT molecular complexity index is 307. The molecule has 0 aliphatic heterocycles. The van der Waals surface area contributed by atoms with Gasteiger partial charge in [0.25, 0.3) is 0 Å². The van der Waals surface area contributed by atoms with E-state index in [1.807, 2.05) is 6.08 Å². The quantitative estimate of drug-likeness (QED) is 0.387. The average molecular weight is 278 g/mol. The van der Waals surface area contributed by atoms with E-state index in [1.54, 1.807) is 0 Å². The van der Waals surface area contributed by atoms with Crippen molar-refractivity contribution in [2.45, 2.75) is 84.0 Å². The first kappa shape index (κ1) is 18.8. The lowest BCUT2D eigenvalue weighted by molar-refractivity contribution is -0.137. The second-order valence-corrected chi connectivity index (χ2v) is 5.23. The first-order chi connectivity index (χ1) is 9.77. The van der Waals surface area contributed by atoms with Crippen LogP contribution in [0.5, 0.6) is 0 Å². The highest BCUT2D eigenvalue weighted by Crippen LogP contribution is 2.08. The fourth-order valence-electron chi connectivity index (χ4n) is 1.98. The van der Waals surface area contributed by atoms with Gasteiger partial charge < -0.3 is 5.11 Å². The fourth-order valence-corrected chi connectivity index (χ4v) is 1.98. The first-order valence-corrected chi connectivity index (χ1v) is 8.12. The smallest absolute Gasteiger partial charge is 0.303 e. The minimum absolute atomic E-state index is 0.316. The summed E-state index contributed by atoms with van der Waals surface area (Å²) in [5.41, 5.74) is 0. The molecule has 0 bridgehead atoms. The number of allylic oxidation sites excluding steroid dienone is 2. The second-order valence-electron chi connectivity index (χ2n) is 5.23. The fraction of sp³-hybridized carbons (Fsp3) is 0.722. The van der Waals surface area contributed by atoms with Gasteiger partial charge in [-0.1, -0.05) is 63.4 Å². The van der Waals surface area contributed by atoms with Gasteiger partial charge in [0.1, 0.15) is 0 Å². The molecule has 0 aliphatic carbocycles. The third-order valence-corrected chi connectivity index (χ3v) is 3.22. The van der Waals surface area contributed by atoms with Crippen molar-refractivity contribution < 1.29 is 9.90 Å². The lowest BCUT2D eigenvalue weighted by atomic mass is 10.1. The zero-order valence-electron chi connectivity index (χ0n) is 13.0. The van der Waals surface area contributed by atoms with Crippen molar-refractivity contribution in [1.82, 2.24) is 0 Å². The molecule has 0 aromatic heterocycles. The van der Waals surface area contributed by atoms with Crippen LogP contribution in [0.1, 0.15) is 84.0 Å². The molecule has 0 spiro atoms. The minimum Gasteiger partial charge on any atom is -0.481 e. The Hall–Kier alpha value is -1.23. The van der Waals surface area contributed by atoms with E-state index < -0.39 is 5.97 Å². The van der Waals surface area contributed by atoms with Crippen LogP contribution in [0.15, 0.2) is 12.2 Å². The van der Waals surface area contributed by atoms with Gasteiger partial charge in [0, 0.05) is 12.8 Å². The molecule has 0 unspecified atom stereocenters. The molecule has 0 atom stereocenters. The summed E-state index contributed by atoms with van der Waals surface area (Å²) in [6, 6.07) is 0. The molecule has 114 valence electrons. The normalized spacial score (nSPS) is 10.4. The van der Waals surface area contributed by atoms with Crippen LogP contribution in [0.25, 0.3) is 0 Å². The predicted octanol–water partition coefficient (Wildman–Crippen LogP) is 5.33. The molecule has 2 heteroatoms. The number of hydrogen-bond acceptors (Lipinski definition) is 1. The molecule has 0 rings (SSSR count). The van der Waals surface area contributed by atoms with Crippen molar-refractivity contribution in [1.29, 1.82) is 0 Å². The van der Waals surface area contributed by atoms with E-state index in [1.165, 1.54) is 32.1 Å². The summed E-state index contributed by atoms with van der Waals surface area (Å²) >= 11 is 0. The summed E-state index contributed by atoms with van der Waals surface area (Å²) < 4.78 is 0. The number of rotatable bonds is 12. The monoisotopic (exact) mass is 278 g/mol. The number of unbranched alkanes of at least 4 members (excludes halogenated alkanes) is 9. The largest absolute Gasteiger partial charge is 0.481 e. The lowest BCUT2D eigenvalue weighted by Crippen LogP contribution is -1.93. The minimum atomic E-state index is -0.678. The Labute approximate surface area is 124 Å². The summed E-state index contributed by atoms with van der Waals surface area (Å²) in [7, 11) is 0. The Balaban J connectivity index is 3.21. The van der Waals surface area contributed by atoms with Crippen LogP contribution >= 0.6 is 0 Å². The van der Waals surface area contributed by atoms with Crippen LogP contribution in [-0.2, 0) is 4.79 Å². The van der Waals surface area contributed by atoms with E-state index in [-0.39, 0.29) is 0 Å². The van der Waals surface area contributed by atoms with Crippen LogP contribution in [0.3, 0.4) is 0 Å². The van der Waals surface area contributed by atoms with Gasteiger partial charge in [0.2, 0.25) is 0 Å². The molecule has 0 saturated carbocycles. The average Bonchev–Trinajstić information content (AvgIpc) is 2.43. The predicted molar refractivity (Wildman–Crippen MR) is 85.6 cm³/mol. The number of carboxylic acids is 1. The van der Waals surface area contributed by atoms with E-state index in [9.17, 15) is 4.79 Å². The zero-order valence-corrected chi connectivity index (χ0v) is 13.0. The molecule has 0 amide bonds. The molecule has 0 heterocycles. The number of carboxylic acid groups (broad SMARTS) is 1. The van der Waals surface area contributed by atoms with Crippen LogP contribution < -0.4 is 0 Å². The van der Waals surface area contributed by atoms with Gasteiger partial charge in [-0.2, -0.15) is 0 Å². The van der Waals surface area contributed by atoms with Crippen LogP contribution in [0.4, 0.5) is 0 Å². The van der Waals surface area contributed by atoms with Gasteiger partial charge in [0.05, 0.1) is 0 Å². The maximum atomic E-state index is 10.3. The molecule has 0 aromatic carbocycles. The van der Waals surface area contributed by atoms with Gasteiger partial charge in [-0.15, -0.1) is 0 Å². The number of carbonyl (C=O) groups is 1. The third-order valence-electron chi connectivity index (χ3n) is 3.22. The maximum Gasteiger partial charge on any atom is 0.303 e. The van der Waals surface area contributed by atoms with Crippen LogP contribution in [0.2, 0.25) is 0 Å². The van der Waals surface area contributed by atoms with Crippen molar-refractivity contribution in [2.75, 3.05) is 0 Å². The van der Waals surface area contributed by atoms with Crippen molar-refractivity contribution in [2.24, 2.45) is 0 Å². The van der Waals surface area contributed by atoms with E-state index >= 15 is 0 Å². The van der Waals surface area contributed by atoms with E-state index in [0.29, 0.717) is 6.42 Å². The van der Waals surface area contributed by atoms with Crippen molar-refractivity contribution in [3.05, 3.63) is 12.2 Å². The summed E-state index contributed by atoms with van der Waals surface area (Å²) in [6.45, 7) is 2.22. The van der Waals surface area contributed by atoms with Crippen molar-refractivity contribution in [3.63, 3.8) is 0 Å². The van der Waals surface area contributed by atoms with Crippen molar-refractivity contribution in [3.8, 4) is 11.8 Å². The summed E-state index contributed by atoms with van der Waals surface area (Å²) in [4.78, 5) is 10.3. The topological polar surface area (TPSA) is 37.3 Å². The SMILES string of the molecule is CCCCC/C=C\C#CCCCCCCCCC(=O)O. The summed E-state index contributed by atoms with van der Waals surface area (Å²) in [6.07, 6.45) is 17.0. The molecular weight excluding hydrogens is 248 g/mol. The molecule has 0 aliphatic rings. The first-order valence-electron chi connectivity index (χ1n) is 8.12. The number of hydrogen-bond donors (Lipinski definition) is 1. The molecule has 0 saturated heterocycles. The molecule has 0 fully saturated rings. The Morgan fingerprint density at radius 2 is 1.70 bits per heavy atom. The Morgan fingerprint density at radius 1 is 1.00 bits per heavy atom. The molecule has 1 N–H and O–H groups in total. The van der Waals surface area contributed by atoms with Gasteiger partial charge in [-0.3, -0.25) is 4.79 Å². The van der Waals surface area contributed by atoms with E-state index in [4.69, 9.17) is 5.11 Å².